The second-order valence-corrected chi connectivity index (χ2v) is 19.7. The molecule has 0 radical (unpaired) electrons. The average molecular weight is 545 g/mol. The van der Waals surface area contributed by atoms with Gasteiger partial charge in [-0.25, -0.2) is 0 Å². The highest BCUT2D eigenvalue weighted by Gasteiger charge is 2.56. The summed E-state index contributed by atoms with van der Waals surface area (Å²) in [6, 6.07) is 39.5. The molecule has 4 aromatic rings. The number of hydrogen-bond donors (Lipinski definition) is 0. The highest BCUT2D eigenvalue weighted by Crippen LogP contribution is 2.36. The van der Waals surface area contributed by atoms with Crippen LogP contribution in [-0.4, -0.2) is 40.9 Å². The zero-order valence-electron chi connectivity index (χ0n) is 21.5. The van der Waals surface area contributed by atoms with Gasteiger partial charge in [0.15, 0.2) is 0 Å². The van der Waals surface area contributed by atoms with Crippen LogP contribution >= 0.6 is 11.6 Å². The molecule has 6 heteroatoms. The Bertz CT molecular complexity index is 1200. The Labute approximate surface area is 227 Å². The first kappa shape index (κ1) is 26.0. The van der Waals surface area contributed by atoms with Crippen molar-refractivity contribution in [2.45, 2.75) is 37.6 Å². The Morgan fingerprint density at radius 3 is 1.68 bits per heavy atom. The molecule has 1 aliphatic heterocycles. The monoisotopic (exact) mass is 544 g/mol. The third-order valence-electron chi connectivity index (χ3n) is 6.82. The van der Waals surface area contributed by atoms with Crippen LogP contribution in [0.5, 0.6) is 5.75 Å². The SMILES string of the molecule is C[Si](C)(C)C1OC1[C@H](COc1cccc(Cl)c1)O[Si](c1ccccc1)(c1ccccc1)c1ccccc1. The van der Waals surface area contributed by atoms with Crippen LogP contribution in [0, 0.1) is 0 Å². The van der Waals surface area contributed by atoms with Gasteiger partial charge >= 0.3 is 0 Å². The van der Waals surface area contributed by atoms with Crippen molar-refractivity contribution in [3.63, 3.8) is 0 Å². The third-order valence-corrected chi connectivity index (χ3v) is 13.3. The molecule has 0 aromatic heterocycles. The summed E-state index contributed by atoms with van der Waals surface area (Å²) in [7, 11) is -4.46. The molecule has 2 unspecified atom stereocenters. The molecule has 3 atom stereocenters. The van der Waals surface area contributed by atoms with E-state index in [1.807, 2.05) is 24.3 Å². The second-order valence-electron chi connectivity index (χ2n) is 10.6. The van der Waals surface area contributed by atoms with Gasteiger partial charge < -0.3 is 13.9 Å². The lowest BCUT2D eigenvalue weighted by Crippen LogP contribution is -2.71. The molecule has 0 saturated carbocycles. The topological polar surface area (TPSA) is 31.0 Å². The molecule has 0 spiro atoms. The fraction of sp³-hybridized carbons (Fsp3) is 0.226. The smallest absolute Gasteiger partial charge is 0.288 e. The van der Waals surface area contributed by atoms with Crippen LogP contribution in [0.3, 0.4) is 0 Å². The maximum atomic E-state index is 7.48. The van der Waals surface area contributed by atoms with Crippen LogP contribution in [0.25, 0.3) is 0 Å². The van der Waals surface area contributed by atoms with Gasteiger partial charge in [0.1, 0.15) is 24.6 Å². The van der Waals surface area contributed by atoms with Crippen molar-refractivity contribution in [1.29, 1.82) is 0 Å². The normalized spacial score (nSPS) is 18.3. The molecule has 1 aliphatic rings. The first-order chi connectivity index (χ1) is 17.9. The van der Waals surface area contributed by atoms with E-state index in [-0.39, 0.29) is 17.9 Å². The summed E-state index contributed by atoms with van der Waals surface area (Å²) >= 11 is 6.24. The summed E-state index contributed by atoms with van der Waals surface area (Å²) < 4.78 is 20.2. The van der Waals surface area contributed by atoms with Gasteiger partial charge in [-0.05, 0) is 33.8 Å². The third kappa shape index (κ3) is 5.76. The minimum absolute atomic E-state index is 0.00568. The first-order valence-electron chi connectivity index (χ1n) is 12.8. The molecule has 1 saturated heterocycles. The van der Waals surface area contributed by atoms with Crippen LogP contribution in [-0.2, 0) is 9.16 Å². The lowest BCUT2D eigenvalue weighted by atomic mass is 10.3. The molecule has 1 heterocycles. The van der Waals surface area contributed by atoms with Crippen molar-refractivity contribution in [1.82, 2.24) is 0 Å². The van der Waals surface area contributed by atoms with Gasteiger partial charge in [-0.2, -0.15) is 0 Å². The van der Waals surface area contributed by atoms with Crippen LogP contribution in [0.4, 0.5) is 0 Å². The first-order valence-corrected chi connectivity index (χ1v) is 18.6. The largest absolute Gasteiger partial charge is 0.491 e. The van der Waals surface area contributed by atoms with Crippen molar-refractivity contribution in [3.8, 4) is 5.75 Å². The fourth-order valence-corrected chi connectivity index (χ4v) is 11.0. The summed E-state index contributed by atoms with van der Waals surface area (Å²) in [4.78, 5) is 0. The van der Waals surface area contributed by atoms with Gasteiger partial charge in [-0.3, -0.25) is 0 Å². The molecule has 0 bridgehead atoms. The molecule has 1 fully saturated rings. The number of epoxide rings is 1. The number of halogens is 1. The Morgan fingerprint density at radius 1 is 0.730 bits per heavy atom. The van der Waals surface area contributed by atoms with E-state index in [1.54, 1.807) is 0 Å². The van der Waals surface area contributed by atoms with Crippen molar-refractivity contribution < 1.29 is 13.9 Å². The maximum absolute atomic E-state index is 7.48. The Balaban J connectivity index is 1.60. The standard InChI is InChI=1S/C31H33ClO3Si2/c1-36(2,3)31-30(34-31)29(23-33-25-15-13-14-24(32)22-25)35-37(26-16-7-4-8-17-26,27-18-9-5-10-19-27)28-20-11-6-12-21-28/h4-22,29-31H,23H2,1-3H3/t29-,30?,31?/m0/s1. The minimum atomic E-state index is -2.92. The molecule has 0 N–H and O–H groups in total. The van der Waals surface area contributed by atoms with E-state index in [9.17, 15) is 0 Å². The number of ether oxygens (including phenoxy) is 2. The Hall–Kier alpha value is -2.68. The zero-order chi connectivity index (χ0) is 25.9. The molecule has 37 heavy (non-hydrogen) atoms. The Kier molecular flexibility index (Phi) is 7.70. The molecular formula is C31H33ClO3Si2. The number of hydrogen-bond acceptors (Lipinski definition) is 3. The van der Waals surface area contributed by atoms with Crippen LogP contribution in [0.2, 0.25) is 24.7 Å². The zero-order valence-corrected chi connectivity index (χ0v) is 24.3. The summed E-state index contributed by atoms with van der Waals surface area (Å²) in [5.41, 5.74) is 0.231. The fourth-order valence-electron chi connectivity index (χ4n) is 4.98. The summed E-state index contributed by atoms with van der Waals surface area (Å²) in [5.74, 6) is 0.734. The number of rotatable bonds is 10. The van der Waals surface area contributed by atoms with E-state index in [0.29, 0.717) is 11.6 Å². The quantitative estimate of drug-likeness (QED) is 0.152. The highest BCUT2D eigenvalue weighted by molar-refractivity contribution is 7.07. The number of benzene rings is 4. The molecule has 4 aromatic carbocycles. The summed E-state index contributed by atoms with van der Waals surface area (Å²) in [6.07, 6.45) is -0.253. The molecule has 0 amide bonds. The summed E-state index contributed by atoms with van der Waals surface area (Å²) in [6.45, 7) is 7.43. The van der Waals surface area contributed by atoms with Gasteiger partial charge in [0, 0.05) is 5.02 Å². The van der Waals surface area contributed by atoms with Crippen LogP contribution in [0.1, 0.15) is 0 Å². The van der Waals surface area contributed by atoms with Gasteiger partial charge in [-0.15, -0.1) is 0 Å². The highest BCUT2D eigenvalue weighted by atomic mass is 35.5. The lowest BCUT2D eigenvalue weighted by Gasteiger charge is -2.36. The van der Waals surface area contributed by atoms with Crippen molar-refractivity contribution in [2.75, 3.05) is 6.61 Å². The van der Waals surface area contributed by atoms with Gasteiger partial charge in [0.05, 0.1) is 13.8 Å². The van der Waals surface area contributed by atoms with E-state index < -0.39 is 16.4 Å². The van der Waals surface area contributed by atoms with E-state index in [4.69, 9.17) is 25.5 Å². The second kappa shape index (κ2) is 11.0. The van der Waals surface area contributed by atoms with Crippen molar-refractivity contribution in [2.24, 2.45) is 0 Å². The van der Waals surface area contributed by atoms with Crippen molar-refractivity contribution in [3.05, 3.63) is 120 Å². The summed E-state index contributed by atoms with van der Waals surface area (Å²) in [5, 5.41) is 4.25. The lowest BCUT2D eigenvalue weighted by molar-refractivity contribution is 0.0997. The minimum Gasteiger partial charge on any atom is -0.491 e. The van der Waals surface area contributed by atoms with E-state index in [2.05, 4.69) is 111 Å². The predicted octanol–water partition coefficient (Wildman–Crippen LogP) is 5.42. The van der Waals surface area contributed by atoms with Gasteiger partial charge in [0.2, 0.25) is 0 Å². The van der Waals surface area contributed by atoms with Gasteiger partial charge in [0.25, 0.3) is 8.32 Å². The predicted molar refractivity (Wildman–Crippen MR) is 158 cm³/mol. The average Bonchev–Trinajstić information content (AvgIpc) is 3.73. The molecule has 190 valence electrons. The molecule has 0 aliphatic carbocycles. The van der Waals surface area contributed by atoms with Gasteiger partial charge in [-0.1, -0.05) is 128 Å². The van der Waals surface area contributed by atoms with E-state index in [0.717, 1.165) is 5.75 Å². The Morgan fingerprint density at radius 2 is 1.24 bits per heavy atom. The van der Waals surface area contributed by atoms with Crippen molar-refractivity contribution >= 4 is 43.6 Å². The van der Waals surface area contributed by atoms with Crippen LogP contribution < -0.4 is 20.3 Å². The molecular weight excluding hydrogens is 512 g/mol. The molecule has 5 rings (SSSR count). The maximum Gasteiger partial charge on any atom is 0.288 e. The molecule has 3 nitrogen and oxygen atoms in total. The van der Waals surface area contributed by atoms with E-state index in [1.165, 1.54) is 15.6 Å². The van der Waals surface area contributed by atoms with Crippen LogP contribution in [0.15, 0.2) is 115 Å². The van der Waals surface area contributed by atoms with E-state index >= 15 is 0 Å².